The van der Waals surface area contributed by atoms with Crippen molar-refractivity contribution in [2.75, 3.05) is 13.7 Å². The molecule has 2 nitrogen and oxygen atoms in total. The van der Waals surface area contributed by atoms with E-state index in [-0.39, 0.29) is 5.57 Å². The molecule has 1 aromatic rings. The predicted octanol–water partition coefficient (Wildman–Crippen LogP) is 7.53. The average molecular weight is 437 g/mol. The van der Waals surface area contributed by atoms with Crippen LogP contribution in [-0.4, -0.2) is 20.0 Å². The largest absolute Gasteiger partial charge is 0.384 e. The number of ether oxygens (including phenoxy) is 1. The van der Waals surface area contributed by atoms with Gasteiger partial charge in [-0.05, 0) is 61.5 Å². The number of aryl methyl sites for hydroxylation is 2. The van der Waals surface area contributed by atoms with Gasteiger partial charge in [-0.3, -0.25) is 4.79 Å². The third kappa shape index (κ3) is 12.0. The van der Waals surface area contributed by atoms with Crippen LogP contribution in [-0.2, 0) is 22.4 Å². The summed E-state index contributed by atoms with van der Waals surface area (Å²) in [7, 11) is 1.71. The fourth-order valence-corrected chi connectivity index (χ4v) is 2.67. The molecule has 0 aromatic heterocycles. The quantitative estimate of drug-likeness (QED) is 0.181. The van der Waals surface area contributed by atoms with Gasteiger partial charge in [0, 0.05) is 12.7 Å². The highest BCUT2D eigenvalue weighted by atomic mass is 19.1. The van der Waals surface area contributed by atoms with E-state index < -0.39 is 5.83 Å². The van der Waals surface area contributed by atoms with Gasteiger partial charge in [-0.15, -0.1) is 0 Å². The zero-order valence-electron chi connectivity index (χ0n) is 19.9. The van der Waals surface area contributed by atoms with E-state index in [0.29, 0.717) is 24.9 Å². The van der Waals surface area contributed by atoms with Crippen LogP contribution in [0.5, 0.6) is 0 Å². The lowest BCUT2D eigenvalue weighted by Gasteiger charge is -2.11. The molecule has 32 heavy (non-hydrogen) atoms. The van der Waals surface area contributed by atoms with Crippen molar-refractivity contribution >= 4 is 6.29 Å². The second-order valence-corrected chi connectivity index (χ2v) is 7.39. The van der Waals surface area contributed by atoms with E-state index in [1.807, 2.05) is 13.0 Å². The zero-order chi connectivity index (χ0) is 24.5. The topological polar surface area (TPSA) is 26.3 Å². The number of halogens is 1. The Bertz CT molecular complexity index is 878. The van der Waals surface area contributed by atoms with Crippen LogP contribution in [0.2, 0.25) is 0 Å². The lowest BCUT2D eigenvalue weighted by molar-refractivity contribution is -0.104. The molecule has 1 aromatic carbocycles. The highest BCUT2D eigenvalue weighted by molar-refractivity contribution is 5.63. The molecule has 0 aliphatic rings. The molecule has 3 heteroatoms. The molecule has 0 fully saturated rings. The summed E-state index contributed by atoms with van der Waals surface area (Å²) in [5.74, 6) is -0.398. The maximum Gasteiger partial charge on any atom is 0.142 e. The van der Waals surface area contributed by atoms with Crippen molar-refractivity contribution in [1.82, 2.24) is 0 Å². The van der Waals surface area contributed by atoms with Crippen LogP contribution in [0.15, 0.2) is 104 Å². The van der Waals surface area contributed by atoms with Gasteiger partial charge in [-0.2, -0.15) is 0 Å². The minimum atomic E-state index is -0.398. The molecule has 1 rings (SSSR count). The molecule has 0 atom stereocenters. The van der Waals surface area contributed by atoms with Crippen molar-refractivity contribution in [2.45, 2.75) is 39.5 Å². The highest BCUT2D eigenvalue weighted by Gasteiger charge is 2.07. The molecule has 0 radical (unpaired) electrons. The third-order valence-corrected chi connectivity index (χ3v) is 4.73. The van der Waals surface area contributed by atoms with Gasteiger partial charge in [-0.25, -0.2) is 4.39 Å². The molecule has 0 saturated heterocycles. The first-order valence-corrected chi connectivity index (χ1v) is 10.6. The highest BCUT2D eigenvalue weighted by Crippen LogP contribution is 2.23. The Morgan fingerprint density at radius 2 is 1.72 bits per heavy atom. The monoisotopic (exact) mass is 436 g/mol. The molecule has 0 N–H and O–H groups in total. The van der Waals surface area contributed by atoms with E-state index in [4.69, 9.17) is 9.53 Å². The van der Waals surface area contributed by atoms with Crippen LogP contribution in [0.25, 0.3) is 0 Å². The fourth-order valence-electron chi connectivity index (χ4n) is 2.67. The first-order valence-electron chi connectivity index (χ1n) is 10.6. The molecule has 0 heterocycles. The Morgan fingerprint density at radius 3 is 2.28 bits per heavy atom. The first-order chi connectivity index (χ1) is 15.2. The molecular weight excluding hydrogens is 399 g/mol. The number of carbonyl (C=O) groups is 1. The van der Waals surface area contributed by atoms with E-state index in [9.17, 15) is 4.39 Å². The second kappa shape index (κ2) is 16.6. The van der Waals surface area contributed by atoms with Crippen molar-refractivity contribution in [3.05, 3.63) is 120 Å². The zero-order valence-corrected chi connectivity index (χ0v) is 19.9. The fraction of sp³-hybridized carbons (Fsp3) is 0.276. The number of methoxy groups -OCH3 is 1. The Kier molecular flexibility index (Phi) is 15.0. The molecule has 0 bridgehead atoms. The van der Waals surface area contributed by atoms with E-state index in [2.05, 4.69) is 58.0 Å². The van der Waals surface area contributed by atoms with Crippen molar-refractivity contribution in [3.8, 4) is 0 Å². The van der Waals surface area contributed by atoms with Crippen LogP contribution < -0.4 is 0 Å². The van der Waals surface area contributed by atoms with E-state index in [0.717, 1.165) is 30.4 Å². The normalized spacial score (nSPS) is 10.8. The SMILES string of the molecule is C=C(/C=C\C(=C)C(=C)/C(F)=C\C(=C)CCc1ccc(C)cc1CCOC)CC.C=CC=O. The van der Waals surface area contributed by atoms with Crippen LogP contribution in [0, 0.1) is 6.92 Å². The minimum Gasteiger partial charge on any atom is -0.384 e. The van der Waals surface area contributed by atoms with Gasteiger partial charge < -0.3 is 4.74 Å². The minimum absolute atomic E-state index is 0.275. The lowest BCUT2D eigenvalue weighted by Crippen LogP contribution is -2.01. The van der Waals surface area contributed by atoms with Crippen LogP contribution in [0.4, 0.5) is 4.39 Å². The Labute approximate surface area is 193 Å². The van der Waals surface area contributed by atoms with Crippen LogP contribution in [0.3, 0.4) is 0 Å². The van der Waals surface area contributed by atoms with Crippen molar-refractivity contribution in [2.24, 2.45) is 0 Å². The van der Waals surface area contributed by atoms with E-state index in [1.165, 1.54) is 28.8 Å². The average Bonchev–Trinajstić information content (AvgIpc) is 2.79. The summed E-state index contributed by atoms with van der Waals surface area (Å²) in [5.41, 5.74) is 6.26. The molecule has 0 unspecified atom stereocenters. The summed E-state index contributed by atoms with van der Waals surface area (Å²) in [6.07, 6.45) is 10.1. The van der Waals surface area contributed by atoms with Gasteiger partial charge >= 0.3 is 0 Å². The molecular formula is C29H37FO2. The van der Waals surface area contributed by atoms with E-state index >= 15 is 0 Å². The van der Waals surface area contributed by atoms with Crippen LogP contribution >= 0.6 is 0 Å². The van der Waals surface area contributed by atoms with Gasteiger partial charge in [0.1, 0.15) is 12.1 Å². The summed E-state index contributed by atoms with van der Waals surface area (Å²) in [5, 5.41) is 0. The predicted molar refractivity (Wildman–Crippen MR) is 137 cm³/mol. The molecule has 0 saturated carbocycles. The van der Waals surface area contributed by atoms with E-state index in [1.54, 1.807) is 13.2 Å². The van der Waals surface area contributed by atoms with Gasteiger partial charge in [0.25, 0.3) is 0 Å². The Balaban J connectivity index is 0.00000220. The second-order valence-electron chi connectivity index (χ2n) is 7.39. The molecule has 0 spiro atoms. The van der Waals surface area contributed by atoms with Gasteiger partial charge in [0.2, 0.25) is 0 Å². The summed E-state index contributed by atoms with van der Waals surface area (Å²) >= 11 is 0. The number of benzene rings is 1. The number of hydrogen-bond acceptors (Lipinski definition) is 2. The standard InChI is InChI=1S/C26H33FO.C3H4O/c1-8-19(2)9-12-22(5)23(6)26(27)18-21(4)11-14-24-13-10-20(3)17-25(24)15-16-28-7;1-2-3-4/h9-10,12-13,17-18H,2,4-6,8,11,14-16H2,1,3,7H3;2-3H,1H2/b12-9-,26-18+;. The summed E-state index contributed by atoms with van der Waals surface area (Å²) in [6, 6.07) is 6.43. The van der Waals surface area contributed by atoms with Gasteiger partial charge in [0.15, 0.2) is 0 Å². The lowest BCUT2D eigenvalue weighted by atomic mass is 9.96. The number of hydrogen-bond donors (Lipinski definition) is 0. The molecule has 0 aliphatic carbocycles. The maximum atomic E-state index is 14.5. The van der Waals surface area contributed by atoms with Crippen molar-refractivity contribution in [1.29, 1.82) is 0 Å². The number of carbonyl (C=O) groups excluding carboxylic acids is 1. The van der Waals surface area contributed by atoms with Crippen molar-refractivity contribution < 1.29 is 13.9 Å². The molecule has 0 amide bonds. The van der Waals surface area contributed by atoms with Crippen molar-refractivity contribution in [3.63, 3.8) is 0 Å². The number of rotatable bonds is 13. The smallest absolute Gasteiger partial charge is 0.142 e. The van der Waals surface area contributed by atoms with Gasteiger partial charge in [0.05, 0.1) is 6.61 Å². The summed E-state index contributed by atoms with van der Waals surface area (Å²) in [4.78, 5) is 9.06. The maximum absolute atomic E-state index is 14.5. The Hall–Kier alpha value is -3.04. The first kappa shape index (κ1) is 29.0. The molecule has 0 aliphatic heterocycles. The summed E-state index contributed by atoms with van der Waals surface area (Å²) < 4.78 is 19.7. The molecule has 172 valence electrons. The third-order valence-electron chi connectivity index (χ3n) is 4.73. The number of aldehydes is 1. The summed E-state index contributed by atoms with van der Waals surface area (Å²) in [6.45, 7) is 23.5. The Morgan fingerprint density at radius 1 is 1.06 bits per heavy atom. The van der Waals surface area contributed by atoms with Gasteiger partial charge in [-0.1, -0.05) is 86.9 Å². The van der Waals surface area contributed by atoms with Crippen LogP contribution in [0.1, 0.15) is 36.5 Å². The number of allylic oxidation sites excluding steroid dienone is 9.